The first kappa shape index (κ1) is 16.4. The average molecular weight is 271 g/mol. The van der Waals surface area contributed by atoms with Crippen LogP contribution in [-0.2, 0) is 9.53 Å². The van der Waals surface area contributed by atoms with E-state index in [1.807, 2.05) is 11.8 Å². The molecule has 1 aliphatic heterocycles. The number of carbonyl (C=O) groups excluding carboxylic acids is 1. The van der Waals surface area contributed by atoms with Crippen LogP contribution in [0, 0.1) is 0 Å². The molecule has 1 rings (SSSR count). The van der Waals surface area contributed by atoms with Gasteiger partial charge in [-0.3, -0.25) is 4.79 Å². The Morgan fingerprint density at radius 1 is 1.32 bits per heavy atom. The number of nitrogens with one attached hydrogen (secondary N) is 1. The van der Waals surface area contributed by atoms with E-state index in [1.165, 1.54) is 6.42 Å². The van der Waals surface area contributed by atoms with E-state index < -0.39 is 0 Å². The van der Waals surface area contributed by atoms with Crippen molar-refractivity contribution in [1.29, 1.82) is 0 Å². The number of carbonyl (C=O) groups is 1. The van der Waals surface area contributed by atoms with Crippen molar-refractivity contribution in [3.05, 3.63) is 0 Å². The van der Waals surface area contributed by atoms with Gasteiger partial charge in [0.25, 0.3) is 0 Å². The highest BCUT2D eigenvalue weighted by Crippen LogP contribution is 2.00. The number of morpholine rings is 1. The van der Waals surface area contributed by atoms with Crippen molar-refractivity contribution >= 4 is 5.91 Å². The van der Waals surface area contributed by atoms with Crippen LogP contribution in [0.5, 0.6) is 0 Å². The SMILES string of the molecule is CCCN(CC)CCNC(C)C(=O)N1CCOCC1. The van der Waals surface area contributed by atoms with Crippen molar-refractivity contribution in [2.75, 3.05) is 52.5 Å². The number of ether oxygens (including phenoxy) is 1. The van der Waals surface area contributed by atoms with Crippen LogP contribution >= 0.6 is 0 Å². The molecule has 1 heterocycles. The van der Waals surface area contributed by atoms with E-state index in [1.54, 1.807) is 0 Å². The molecule has 0 radical (unpaired) electrons. The molecule has 0 aromatic carbocycles. The molecule has 1 aliphatic rings. The number of rotatable bonds is 8. The maximum Gasteiger partial charge on any atom is 0.239 e. The molecule has 0 spiro atoms. The van der Waals surface area contributed by atoms with Crippen molar-refractivity contribution in [2.45, 2.75) is 33.2 Å². The molecule has 19 heavy (non-hydrogen) atoms. The van der Waals surface area contributed by atoms with Crippen molar-refractivity contribution in [2.24, 2.45) is 0 Å². The summed E-state index contributed by atoms with van der Waals surface area (Å²) in [5.41, 5.74) is 0. The lowest BCUT2D eigenvalue weighted by molar-refractivity contribution is -0.137. The average Bonchev–Trinajstić information content (AvgIpc) is 2.46. The minimum atomic E-state index is -0.0987. The quantitative estimate of drug-likeness (QED) is 0.700. The lowest BCUT2D eigenvalue weighted by atomic mass is 10.2. The highest BCUT2D eigenvalue weighted by molar-refractivity contribution is 5.81. The molecule has 1 amide bonds. The van der Waals surface area contributed by atoms with Gasteiger partial charge in [0.2, 0.25) is 5.91 Å². The van der Waals surface area contributed by atoms with Gasteiger partial charge >= 0.3 is 0 Å². The van der Waals surface area contributed by atoms with Crippen molar-refractivity contribution < 1.29 is 9.53 Å². The third-order valence-corrected chi connectivity index (χ3v) is 3.56. The molecule has 0 saturated carbocycles. The molecule has 5 nitrogen and oxygen atoms in total. The van der Waals surface area contributed by atoms with Gasteiger partial charge in [-0.15, -0.1) is 0 Å². The molecule has 0 aliphatic carbocycles. The zero-order valence-electron chi connectivity index (χ0n) is 12.7. The summed E-state index contributed by atoms with van der Waals surface area (Å²) in [5, 5.41) is 3.33. The Balaban J connectivity index is 2.22. The molecule has 1 unspecified atom stereocenters. The van der Waals surface area contributed by atoms with E-state index in [9.17, 15) is 4.79 Å². The monoisotopic (exact) mass is 271 g/mol. The predicted molar refractivity (Wildman–Crippen MR) is 77.3 cm³/mol. The Kier molecular flexibility index (Phi) is 8.02. The molecule has 1 fully saturated rings. The number of hydrogen-bond acceptors (Lipinski definition) is 4. The van der Waals surface area contributed by atoms with Gasteiger partial charge < -0.3 is 19.9 Å². The number of likely N-dealkylation sites (N-methyl/N-ethyl adjacent to an activating group) is 1. The van der Waals surface area contributed by atoms with Crippen LogP contribution in [0.1, 0.15) is 27.2 Å². The standard InChI is InChI=1S/C14H29N3O2/c1-4-7-16(5-2)8-6-15-13(3)14(18)17-9-11-19-12-10-17/h13,15H,4-12H2,1-3H3. The molecule has 0 aromatic rings. The number of hydrogen-bond donors (Lipinski definition) is 1. The Labute approximate surface area is 117 Å². The summed E-state index contributed by atoms with van der Waals surface area (Å²) in [7, 11) is 0. The van der Waals surface area contributed by atoms with E-state index in [0.29, 0.717) is 13.2 Å². The van der Waals surface area contributed by atoms with E-state index in [-0.39, 0.29) is 11.9 Å². The van der Waals surface area contributed by atoms with Crippen LogP contribution in [0.25, 0.3) is 0 Å². The number of nitrogens with zero attached hydrogens (tertiary/aromatic N) is 2. The van der Waals surface area contributed by atoms with Crippen LogP contribution in [0.4, 0.5) is 0 Å². The first-order valence-electron chi connectivity index (χ1n) is 7.51. The molecule has 5 heteroatoms. The van der Waals surface area contributed by atoms with Gasteiger partial charge in [-0.05, 0) is 26.4 Å². The molecule has 1 saturated heterocycles. The van der Waals surface area contributed by atoms with Gasteiger partial charge in [-0.2, -0.15) is 0 Å². The molecular formula is C14H29N3O2. The summed E-state index contributed by atoms with van der Waals surface area (Å²) in [6.07, 6.45) is 1.18. The normalized spacial score (nSPS) is 17.8. The minimum absolute atomic E-state index is 0.0987. The summed E-state index contributed by atoms with van der Waals surface area (Å²) >= 11 is 0. The van der Waals surface area contributed by atoms with Gasteiger partial charge in [-0.1, -0.05) is 13.8 Å². The van der Waals surface area contributed by atoms with E-state index in [4.69, 9.17) is 4.74 Å². The third kappa shape index (κ3) is 5.89. The van der Waals surface area contributed by atoms with Crippen LogP contribution < -0.4 is 5.32 Å². The van der Waals surface area contributed by atoms with Gasteiger partial charge in [0.1, 0.15) is 0 Å². The fraction of sp³-hybridized carbons (Fsp3) is 0.929. The fourth-order valence-corrected chi connectivity index (χ4v) is 2.33. The molecule has 112 valence electrons. The third-order valence-electron chi connectivity index (χ3n) is 3.56. The summed E-state index contributed by atoms with van der Waals surface area (Å²) < 4.78 is 5.26. The predicted octanol–water partition coefficient (Wildman–Crippen LogP) is 0.555. The second-order valence-electron chi connectivity index (χ2n) is 5.05. The topological polar surface area (TPSA) is 44.8 Å². The maximum absolute atomic E-state index is 12.2. The summed E-state index contributed by atoms with van der Waals surface area (Å²) in [4.78, 5) is 16.5. The Morgan fingerprint density at radius 3 is 2.58 bits per heavy atom. The summed E-state index contributed by atoms with van der Waals surface area (Å²) in [6.45, 7) is 13.2. The van der Waals surface area contributed by atoms with Crippen LogP contribution in [-0.4, -0.2) is 74.2 Å². The van der Waals surface area contributed by atoms with E-state index in [2.05, 4.69) is 24.1 Å². The lowest BCUT2D eigenvalue weighted by Gasteiger charge is -2.30. The van der Waals surface area contributed by atoms with Gasteiger partial charge in [0.05, 0.1) is 19.3 Å². The highest BCUT2D eigenvalue weighted by atomic mass is 16.5. The minimum Gasteiger partial charge on any atom is -0.378 e. The van der Waals surface area contributed by atoms with Crippen molar-refractivity contribution in [3.8, 4) is 0 Å². The number of amides is 1. The molecule has 0 bridgehead atoms. The van der Waals surface area contributed by atoms with E-state index in [0.717, 1.165) is 39.3 Å². The second-order valence-corrected chi connectivity index (χ2v) is 5.05. The molecular weight excluding hydrogens is 242 g/mol. The maximum atomic E-state index is 12.2. The molecule has 1 atom stereocenters. The van der Waals surface area contributed by atoms with Gasteiger partial charge in [-0.25, -0.2) is 0 Å². The zero-order valence-corrected chi connectivity index (χ0v) is 12.7. The van der Waals surface area contributed by atoms with Gasteiger partial charge in [0, 0.05) is 26.2 Å². The molecule has 1 N–H and O–H groups in total. The first-order valence-corrected chi connectivity index (χ1v) is 7.51. The Morgan fingerprint density at radius 2 is 2.00 bits per heavy atom. The van der Waals surface area contributed by atoms with Crippen molar-refractivity contribution in [3.63, 3.8) is 0 Å². The largest absolute Gasteiger partial charge is 0.378 e. The first-order chi connectivity index (χ1) is 9.19. The molecule has 0 aromatic heterocycles. The Bertz CT molecular complexity index is 255. The van der Waals surface area contributed by atoms with Crippen LogP contribution in [0.3, 0.4) is 0 Å². The fourth-order valence-electron chi connectivity index (χ4n) is 2.33. The smallest absolute Gasteiger partial charge is 0.239 e. The lowest BCUT2D eigenvalue weighted by Crippen LogP contribution is -2.50. The van der Waals surface area contributed by atoms with Gasteiger partial charge in [0.15, 0.2) is 0 Å². The highest BCUT2D eigenvalue weighted by Gasteiger charge is 2.21. The van der Waals surface area contributed by atoms with E-state index >= 15 is 0 Å². The zero-order chi connectivity index (χ0) is 14.1. The van der Waals surface area contributed by atoms with Crippen LogP contribution in [0.15, 0.2) is 0 Å². The summed E-state index contributed by atoms with van der Waals surface area (Å²) in [6, 6.07) is -0.0987. The Hall–Kier alpha value is -0.650. The van der Waals surface area contributed by atoms with Crippen LogP contribution in [0.2, 0.25) is 0 Å². The van der Waals surface area contributed by atoms with Crippen molar-refractivity contribution in [1.82, 2.24) is 15.1 Å². The summed E-state index contributed by atoms with van der Waals surface area (Å²) in [5.74, 6) is 0.196. The second kappa shape index (κ2) is 9.28.